The Morgan fingerprint density at radius 2 is 2.25 bits per heavy atom. The highest BCUT2D eigenvalue weighted by atomic mass is 35.5. The highest BCUT2D eigenvalue weighted by Crippen LogP contribution is 2.30. The standard InChI is InChI=1S/C15H20ClNO3/c1-10-4-5-12(16)13(8-10)20-11(2)14(18)17-9-15(19)6-3-7-15/h4-5,8,11,19H,3,6-7,9H2,1-2H3,(H,17,18). The zero-order valence-corrected chi connectivity index (χ0v) is 12.5. The third-order valence-corrected chi connectivity index (χ3v) is 3.95. The summed E-state index contributed by atoms with van der Waals surface area (Å²) >= 11 is 6.03. The molecule has 2 N–H and O–H groups in total. The number of benzene rings is 1. The van der Waals surface area contributed by atoms with Crippen molar-refractivity contribution in [3.63, 3.8) is 0 Å². The molecule has 2 rings (SSSR count). The molecule has 1 saturated carbocycles. The fourth-order valence-electron chi connectivity index (χ4n) is 2.10. The molecule has 20 heavy (non-hydrogen) atoms. The highest BCUT2D eigenvalue weighted by Gasteiger charge is 2.35. The molecular weight excluding hydrogens is 278 g/mol. The highest BCUT2D eigenvalue weighted by molar-refractivity contribution is 6.32. The summed E-state index contributed by atoms with van der Waals surface area (Å²) in [6.45, 7) is 3.87. The molecule has 0 aromatic heterocycles. The van der Waals surface area contributed by atoms with E-state index in [1.54, 1.807) is 19.1 Å². The second-order valence-corrected chi connectivity index (χ2v) is 5.90. The van der Waals surface area contributed by atoms with E-state index in [1.807, 2.05) is 13.0 Å². The summed E-state index contributed by atoms with van der Waals surface area (Å²) in [4.78, 5) is 11.9. The molecule has 1 aliphatic carbocycles. The average molecular weight is 298 g/mol. The van der Waals surface area contributed by atoms with E-state index in [4.69, 9.17) is 16.3 Å². The average Bonchev–Trinajstić information content (AvgIpc) is 2.38. The van der Waals surface area contributed by atoms with Crippen LogP contribution in [0.25, 0.3) is 0 Å². The molecule has 0 radical (unpaired) electrons. The lowest BCUT2D eigenvalue weighted by Crippen LogP contribution is -2.50. The molecule has 1 aromatic carbocycles. The van der Waals surface area contributed by atoms with Gasteiger partial charge in [0.25, 0.3) is 5.91 Å². The van der Waals surface area contributed by atoms with Crippen LogP contribution in [0.15, 0.2) is 18.2 Å². The normalized spacial score (nSPS) is 18.0. The SMILES string of the molecule is Cc1ccc(Cl)c(OC(C)C(=O)NCC2(O)CCC2)c1. The van der Waals surface area contributed by atoms with Gasteiger partial charge < -0.3 is 15.2 Å². The largest absolute Gasteiger partial charge is 0.479 e. The van der Waals surface area contributed by atoms with Gasteiger partial charge in [0.15, 0.2) is 6.10 Å². The molecule has 1 amide bonds. The van der Waals surface area contributed by atoms with Gasteiger partial charge in [-0.1, -0.05) is 17.7 Å². The molecule has 0 bridgehead atoms. The molecule has 110 valence electrons. The number of aliphatic hydroxyl groups is 1. The van der Waals surface area contributed by atoms with Gasteiger partial charge in [-0.15, -0.1) is 0 Å². The lowest BCUT2D eigenvalue weighted by atomic mass is 9.80. The topological polar surface area (TPSA) is 58.6 Å². The van der Waals surface area contributed by atoms with Crippen molar-refractivity contribution in [2.45, 2.75) is 44.8 Å². The van der Waals surface area contributed by atoms with E-state index in [9.17, 15) is 9.90 Å². The summed E-state index contributed by atoms with van der Waals surface area (Å²) in [5.41, 5.74) is 0.289. The Morgan fingerprint density at radius 3 is 2.85 bits per heavy atom. The number of carbonyl (C=O) groups is 1. The van der Waals surface area contributed by atoms with Crippen LogP contribution < -0.4 is 10.1 Å². The molecule has 4 nitrogen and oxygen atoms in total. The molecule has 1 aliphatic rings. The minimum Gasteiger partial charge on any atom is -0.479 e. The first-order chi connectivity index (χ1) is 9.39. The number of carbonyl (C=O) groups excluding carboxylic acids is 1. The number of hydrogen-bond acceptors (Lipinski definition) is 3. The van der Waals surface area contributed by atoms with Crippen LogP contribution in [0.4, 0.5) is 0 Å². The number of rotatable bonds is 5. The number of hydrogen-bond donors (Lipinski definition) is 2. The van der Waals surface area contributed by atoms with Crippen LogP contribution >= 0.6 is 11.6 Å². The predicted molar refractivity (Wildman–Crippen MR) is 78.1 cm³/mol. The van der Waals surface area contributed by atoms with E-state index < -0.39 is 11.7 Å². The molecular formula is C15H20ClNO3. The molecule has 1 fully saturated rings. The number of aryl methyl sites for hydroxylation is 1. The third-order valence-electron chi connectivity index (χ3n) is 3.64. The van der Waals surface area contributed by atoms with Crippen molar-refractivity contribution < 1.29 is 14.6 Å². The maximum Gasteiger partial charge on any atom is 0.260 e. The number of amides is 1. The van der Waals surface area contributed by atoms with Crippen molar-refractivity contribution in [2.24, 2.45) is 0 Å². The minimum absolute atomic E-state index is 0.247. The van der Waals surface area contributed by atoms with Gasteiger partial charge in [0.1, 0.15) is 5.75 Å². The summed E-state index contributed by atoms with van der Waals surface area (Å²) in [5, 5.41) is 13.1. The van der Waals surface area contributed by atoms with E-state index in [0.29, 0.717) is 10.8 Å². The summed E-state index contributed by atoms with van der Waals surface area (Å²) < 4.78 is 5.58. The summed E-state index contributed by atoms with van der Waals surface area (Å²) in [6, 6.07) is 5.42. The molecule has 0 heterocycles. The van der Waals surface area contributed by atoms with Crippen LogP contribution in [-0.2, 0) is 4.79 Å². The fraction of sp³-hybridized carbons (Fsp3) is 0.533. The van der Waals surface area contributed by atoms with Crippen molar-refractivity contribution in [1.29, 1.82) is 0 Å². The first-order valence-electron chi connectivity index (χ1n) is 6.82. The molecule has 0 aliphatic heterocycles. The number of halogens is 1. The van der Waals surface area contributed by atoms with E-state index in [2.05, 4.69) is 5.32 Å². The van der Waals surface area contributed by atoms with Crippen molar-refractivity contribution in [3.8, 4) is 5.75 Å². The van der Waals surface area contributed by atoms with Crippen LogP contribution in [0.5, 0.6) is 5.75 Å². The molecule has 5 heteroatoms. The Balaban J connectivity index is 1.88. The van der Waals surface area contributed by atoms with Gasteiger partial charge in [0.2, 0.25) is 0 Å². The fourth-order valence-corrected chi connectivity index (χ4v) is 2.26. The van der Waals surface area contributed by atoms with Crippen molar-refractivity contribution in [2.75, 3.05) is 6.54 Å². The maximum absolute atomic E-state index is 11.9. The first kappa shape index (κ1) is 15.1. The van der Waals surface area contributed by atoms with Gasteiger partial charge >= 0.3 is 0 Å². The Morgan fingerprint density at radius 1 is 1.55 bits per heavy atom. The summed E-state index contributed by atoms with van der Waals surface area (Å²) in [6.07, 6.45) is 1.84. The molecule has 0 spiro atoms. The van der Waals surface area contributed by atoms with Crippen LogP contribution in [0.3, 0.4) is 0 Å². The van der Waals surface area contributed by atoms with E-state index in [-0.39, 0.29) is 12.5 Å². The van der Waals surface area contributed by atoms with Gasteiger partial charge in [0, 0.05) is 6.54 Å². The van der Waals surface area contributed by atoms with E-state index in [0.717, 1.165) is 24.8 Å². The van der Waals surface area contributed by atoms with Crippen molar-refractivity contribution in [1.82, 2.24) is 5.32 Å². The van der Waals surface area contributed by atoms with Gasteiger partial charge in [0.05, 0.1) is 10.6 Å². The van der Waals surface area contributed by atoms with E-state index >= 15 is 0 Å². The summed E-state index contributed by atoms with van der Waals surface area (Å²) in [5.74, 6) is 0.250. The van der Waals surface area contributed by atoms with Crippen LogP contribution in [0.2, 0.25) is 5.02 Å². The molecule has 0 saturated heterocycles. The zero-order valence-electron chi connectivity index (χ0n) is 11.8. The zero-order chi connectivity index (χ0) is 14.8. The predicted octanol–water partition coefficient (Wildman–Crippen LogP) is 2.45. The number of nitrogens with one attached hydrogen (secondary N) is 1. The third kappa shape index (κ3) is 3.64. The molecule has 1 atom stereocenters. The van der Waals surface area contributed by atoms with Crippen LogP contribution in [-0.4, -0.2) is 29.3 Å². The van der Waals surface area contributed by atoms with Gasteiger partial charge in [-0.3, -0.25) is 4.79 Å². The van der Waals surface area contributed by atoms with E-state index in [1.165, 1.54) is 0 Å². The van der Waals surface area contributed by atoms with Gasteiger partial charge in [-0.05, 0) is 50.8 Å². The molecule has 1 unspecified atom stereocenters. The lowest BCUT2D eigenvalue weighted by molar-refractivity contribution is -0.129. The van der Waals surface area contributed by atoms with Crippen LogP contribution in [0.1, 0.15) is 31.7 Å². The monoisotopic (exact) mass is 297 g/mol. The second kappa shape index (κ2) is 6.02. The first-order valence-corrected chi connectivity index (χ1v) is 7.20. The quantitative estimate of drug-likeness (QED) is 0.877. The Labute approximate surface area is 124 Å². The Kier molecular flexibility index (Phi) is 4.55. The summed E-state index contributed by atoms with van der Waals surface area (Å²) in [7, 11) is 0. The van der Waals surface area contributed by atoms with Crippen molar-refractivity contribution >= 4 is 17.5 Å². The van der Waals surface area contributed by atoms with Gasteiger partial charge in [-0.2, -0.15) is 0 Å². The van der Waals surface area contributed by atoms with Crippen LogP contribution in [0, 0.1) is 6.92 Å². The minimum atomic E-state index is -0.726. The lowest BCUT2D eigenvalue weighted by Gasteiger charge is -2.36. The smallest absolute Gasteiger partial charge is 0.260 e. The molecule has 1 aromatic rings. The Hall–Kier alpha value is -1.26. The maximum atomic E-state index is 11.9. The second-order valence-electron chi connectivity index (χ2n) is 5.49. The number of ether oxygens (including phenoxy) is 1. The Bertz CT molecular complexity index is 500. The van der Waals surface area contributed by atoms with Crippen molar-refractivity contribution in [3.05, 3.63) is 28.8 Å². The van der Waals surface area contributed by atoms with Gasteiger partial charge in [-0.25, -0.2) is 0 Å².